The molecule has 3 aromatic rings. The Labute approximate surface area is 201 Å². The molecule has 1 aliphatic heterocycles. The van der Waals surface area contributed by atoms with Crippen LogP contribution >= 0.6 is 0 Å². The normalized spacial score (nSPS) is 16.9. The molecular formula is C27H33FN2O3S. The van der Waals surface area contributed by atoms with Gasteiger partial charge in [0.25, 0.3) is 0 Å². The van der Waals surface area contributed by atoms with Crippen LogP contribution in [0.25, 0.3) is 10.9 Å². The Kier molecular flexibility index (Phi) is 6.85. The van der Waals surface area contributed by atoms with E-state index in [4.69, 9.17) is 0 Å². The summed E-state index contributed by atoms with van der Waals surface area (Å²) in [6, 6.07) is 8.13. The van der Waals surface area contributed by atoms with Crippen molar-refractivity contribution in [3.05, 3.63) is 63.7 Å². The van der Waals surface area contributed by atoms with E-state index in [9.17, 15) is 13.2 Å². The van der Waals surface area contributed by atoms with Crippen LogP contribution < -0.4 is 10.3 Å². The fraction of sp³-hybridized carbons (Fsp3) is 0.444. The van der Waals surface area contributed by atoms with Crippen molar-refractivity contribution < 1.29 is 12.8 Å². The van der Waals surface area contributed by atoms with E-state index in [1.807, 2.05) is 22.5 Å². The molecule has 0 N–H and O–H groups in total. The van der Waals surface area contributed by atoms with Gasteiger partial charge in [0.1, 0.15) is 10.7 Å². The van der Waals surface area contributed by atoms with Crippen LogP contribution in [-0.4, -0.2) is 26.1 Å². The summed E-state index contributed by atoms with van der Waals surface area (Å²) in [7, 11) is -4.08. The Morgan fingerprint density at radius 3 is 2.59 bits per heavy atom. The summed E-state index contributed by atoms with van der Waals surface area (Å²) in [6.45, 7) is 9.83. The van der Waals surface area contributed by atoms with E-state index < -0.39 is 21.1 Å². The zero-order chi connectivity index (χ0) is 24.6. The molecule has 0 amide bonds. The number of halogens is 1. The summed E-state index contributed by atoms with van der Waals surface area (Å²) < 4.78 is 44.4. The van der Waals surface area contributed by atoms with Crippen LogP contribution in [0.3, 0.4) is 0 Å². The molecule has 0 unspecified atom stereocenters. The first-order valence-corrected chi connectivity index (χ1v) is 13.6. The Balaban J connectivity index is 1.95. The zero-order valence-corrected chi connectivity index (χ0v) is 21.2. The average molecular weight is 485 g/mol. The predicted octanol–water partition coefficient (Wildman–Crippen LogP) is 5.63. The van der Waals surface area contributed by atoms with Gasteiger partial charge in [-0.25, -0.2) is 12.8 Å². The van der Waals surface area contributed by atoms with Crippen LogP contribution in [-0.2, 0) is 16.4 Å². The minimum Gasteiger partial charge on any atom is -0.369 e. The average Bonchev–Trinajstić information content (AvgIpc) is 2.80. The van der Waals surface area contributed by atoms with Crippen molar-refractivity contribution in [1.29, 1.82) is 0 Å². The summed E-state index contributed by atoms with van der Waals surface area (Å²) in [5, 5.41) is 0.105. The van der Waals surface area contributed by atoms with Gasteiger partial charge in [0.15, 0.2) is 0 Å². The number of pyridine rings is 1. The van der Waals surface area contributed by atoms with E-state index in [1.54, 1.807) is 25.1 Å². The number of hydrogen-bond donors (Lipinski definition) is 0. The number of hydrogen-bond acceptors (Lipinski definition) is 4. The van der Waals surface area contributed by atoms with Crippen LogP contribution in [0, 0.1) is 25.6 Å². The summed E-state index contributed by atoms with van der Waals surface area (Å²) in [5.41, 5.74) is 1.77. The summed E-state index contributed by atoms with van der Waals surface area (Å²) >= 11 is 0. The molecule has 2 heterocycles. The minimum absolute atomic E-state index is 0.105. The van der Waals surface area contributed by atoms with Gasteiger partial charge in [-0.15, -0.1) is 0 Å². The number of nitrogens with zero attached hydrogens (tertiary/aromatic N) is 2. The SMILES string of the molecule is CCCCn1cc(S(=O)(=O)c2cc(C)ccc2C)c(=O)c2cc(F)c(N3CCC[C@@H](C)C3)cc21. The third-order valence-corrected chi connectivity index (χ3v) is 8.68. The van der Waals surface area contributed by atoms with Crippen LogP contribution in [0.15, 0.2) is 51.1 Å². The number of fused-ring (bicyclic) bond motifs is 1. The predicted molar refractivity (Wildman–Crippen MR) is 135 cm³/mol. The molecule has 5 nitrogen and oxygen atoms in total. The Morgan fingerprint density at radius 1 is 1.12 bits per heavy atom. The van der Waals surface area contributed by atoms with Crippen molar-refractivity contribution in [2.45, 2.75) is 69.7 Å². The third-order valence-electron chi connectivity index (χ3n) is 6.79. The number of rotatable bonds is 6. The van der Waals surface area contributed by atoms with Crippen molar-refractivity contribution in [3.8, 4) is 0 Å². The molecule has 4 rings (SSSR count). The lowest BCUT2D eigenvalue weighted by Gasteiger charge is -2.33. The van der Waals surface area contributed by atoms with E-state index in [2.05, 4.69) is 13.8 Å². The zero-order valence-electron chi connectivity index (χ0n) is 20.4. The largest absolute Gasteiger partial charge is 0.369 e. The lowest BCUT2D eigenvalue weighted by atomic mass is 9.99. The first kappa shape index (κ1) is 24.5. The highest BCUT2D eigenvalue weighted by Crippen LogP contribution is 2.31. The van der Waals surface area contributed by atoms with Gasteiger partial charge in [0.2, 0.25) is 15.3 Å². The van der Waals surface area contributed by atoms with Gasteiger partial charge >= 0.3 is 0 Å². The Hall–Kier alpha value is -2.67. The fourth-order valence-corrected chi connectivity index (χ4v) is 6.53. The highest BCUT2D eigenvalue weighted by Gasteiger charge is 2.27. The van der Waals surface area contributed by atoms with Crippen molar-refractivity contribution in [2.75, 3.05) is 18.0 Å². The number of benzene rings is 2. The second-order valence-corrected chi connectivity index (χ2v) is 11.5. The topological polar surface area (TPSA) is 59.4 Å². The molecule has 0 radical (unpaired) electrons. The van der Waals surface area contributed by atoms with Gasteiger partial charge in [-0.3, -0.25) is 4.79 Å². The van der Waals surface area contributed by atoms with Gasteiger partial charge in [-0.2, -0.15) is 0 Å². The van der Waals surface area contributed by atoms with Crippen molar-refractivity contribution in [1.82, 2.24) is 4.57 Å². The van der Waals surface area contributed by atoms with Crippen molar-refractivity contribution in [3.63, 3.8) is 0 Å². The molecule has 2 aromatic carbocycles. The molecule has 34 heavy (non-hydrogen) atoms. The fourth-order valence-electron chi connectivity index (χ4n) is 4.84. The van der Waals surface area contributed by atoms with Crippen LogP contribution in [0.2, 0.25) is 0 Å². The third kappa shape index (κ3) is 4.50. The number of aryl methyl sites for hydroxylation is 3. The molecule has 182 valence electrons. The highest BCUT2D eigenvalue weighted by atomic mass is 32.2. The number of sulfone groups is 1. The van der Waals surface area contributed by atoms with E-state index in [0.717, 1.165) is 44.3 Å². The lowest BCUT2D eigenvalue weighted by molar-refractivity contribution is 0.442. The number of piperidine rings is 1. The minimum atomic E-state index is -4.08. The molecular weight excluding hydrogens is 451 g/mol. The summed E-state index contributed by atoms with van der Waals surface area (Å²) in [6.07, 6.45) is 5.29. The number of aromatic nitrogens is 1. The number of anilines is 1. The van der Waals surface area contributed by atoms with E-state index in [0.29, 0.717) is 29.2 Å². The monoisotopic (exact) mass is 484 g/mol. The molecule has 0 bridgehead atoms. The molecule has 1 fully saturated rings. The van der Waals surface area contributed by atoms with Crippen LogP contribution in [0.1, 0.15) is 50.7 Å². The van der Waals surface area contributed by atoms with Crippen molar-refractivity contribution in [2.24, 2.45) is 5.92 Å². The Bertz CT molecular complexity index is 1400. The highest BCUT2D eigenvalue weighted by molar-refractivity contribution is 7.91. The maximum absolute atomic E-state index is 15.3. The van der Waals surface area contributed by atoms with Crippen LogP contribution in [0.5, 0.6) is 0 Å². The molecule has 0 saturated carbocycles. The lowest BCUT2D eigenvalue weighted by Crippen LogP contribution is -2.35. The standard InChI is InChI=1S/C27H33FN2O3S/c1-5-6-11-30-17-26(34(32,33)25-13-18(2)9-10-20(25)4)27(31)21-14-22(28)24(15-23(21)30)29-12-7-8-19(3)16-29/h9-10,13-15,17,19H,5-8,11-12,16H2,1-4H3/t19-/m1/s1. The van der Waals surface area contributed by atoms with Gasteiger partial charge in [-0.1, -0.05) is 32.4 Å². The quantitative estimate of drug-likeness (QED) is 0.455. The molecule has 7 heteroatoms. The van der Waals surface area contributed by atoms with Gasteiger partial charge in [-0.05, 0) is 68.4 Å². The molecule has 1 saturated heterocycles. The second-order valence-electron chi connectivity index (χ2n) is 9.66. The molecule has 1 atom stereocenters. The van der Waals surface area contributed by atoms with Gasteiger partial charge in [0, 0.05) is 25.8 Å². The summed E-state index contributed by atoms with van der Waals surface area (Å²) in [5.74, 6) is -0.0155. The van der Waals surface area contributed by atoms with Crippen molar-refractivity contribution >= 4 is 26.4 Å². The maximum atomic E-state index is 15.3. The maximum Gasteiger partial charge on any atom is 0.212 e. The molecule has 1 aliphatic rings. The first-order chi connectivity index (χ1) is 16.1. The van der Waals surface area contributed by atoms with Crippen LogP contribution in [0.4, 0.5) is 10.1 Å². The summed E-state index contributed by atoms with van der Waals surface area (Å²) in [4.78, 5) is 15.3. The van der Waals surface area contributed by atoms with E-state index in [-0.39, 0.29) is 15.2 Å². The molecule has 0 spiro atoms. The van der Waals surface area contributed by atoms with E-state index in [1.165, 1.54) is 12.3 Å². The first-order valence-electron chi connectivity index (χ1n) is 12.1. The van der Waals surface area contributed by atoms with Gasteiger partial charge < -0.3 is 9.47 Å². The molecule has 0 aliphatic carbocycles. The smallest absolute Gasteiger partial charge is 0.212 e. The molecule has 1 aromatic heterocycles. The number of unbranched alkanes of at least 4 members (excludes halogenated alkanes) is 1. The van der Waals surface area contributed by atoms with Gasteiger partial charge in [0.05, 0.1) is 21.5 Å². The second kappa shape index (κ2) is 9.53. The Morgan fingerprint density at radius 2 is 1.88 bits per heavy atom. The van der Waals surface area contributed by atoms with E-state index >= 15 is 4.39 Å².